The second-order valence-corrected chi connectivity index (χ2v) is 8.83. The van der Waals surface area contributed by atoms with E-state index in [0.717, 1.165) is 17.2 Å². The van der Waals surface area contributed by atoms with Crippen molar-refractivity contribution in [2.45, 2.75) is 26.3 Å². The maximum atomic E-state index is 11.8. The lowest BCUT2D eigenvalue weighted by atomic mass is 10.2. The second-order valence-electron chi connectivity index (χ2n) is 6.17. The molecule has 1 saturated heterocycles. The van der Waals surface area contributed by atoms with E-state index in [0.29, 0.717) is 23.9 Å². The van der Waals surface area contributed by atoms with E-state index >= 15 is 0 Å². The van der Waals surface area contributed by atoms with Gasteiger partial charge in [-0.3, -0.25) is 0 Å². The highest BCUT2D eigenvalue weighted by Crippen LogP contribution is 2.25. The molecule has 8 heteroatoms. The Morgan fingerprint density at radius 1 is 1.32 bits per heavy atom. The molecule has 0 amide bonds. The number of rotatable bonds is 5. The number of hydrogen-bond acceptors (Lipinski definition) is 6. The molecule has 2 aromatic rings. The van der Waals surface area contributed by atoms with E-state index in [1.165, 1.54) is 0 Å². The summed E-state index contributed by atoms with van der Waals surface area (Å²) in [5.74, 6) is 1.63. The fraction of sp³-hybridized carbons (Fsp3) is 0.412. The van der Waals surface area contributed by atoms with Crippen LogP contribution in [0.15, 0.2) is 30.3 Å². The van der Waals surface area contributed by atoms with E-state index in [1.807, 2.05) is 36.9 Å². The van der Waals surface area contributed by atoms with Gasteiger partial charge in [0.1, 0.15) is 5.82 Å². The molecule has 0 radical (unpaired) electrons. The summed E-state index contributed by atoms with van der Waals surface area (Å²) in [6.07, 6.45) is 0.635. The van der Waals surface area contributed by atoms with Crippen LogP contribution in [-0.4, -0.2) is 42.5 Å². The number of nitrogens with one attached hydrogen (secondary N) is 1. The zero-order valence-corrected chi connectivity index (χ0v) is 15.8. The first-order valence-electron chi connectivity index (χ1n) is 8.21. The maximum absolute atomic E-state index is 11.8. The summed E-state index contributed by atoms with van der Waals surface area (Å²) in [7, 11) is -2.95. The van der Waals surface area contributed by atoms with Crippen molar-refractivity contribution >= 4 is 38.9 Å². The SMILES string of the molecule is CCN(c1cc(C)nc(Nc2cccc(Cl)c2)n1)C1CCS(=O)(=O)C1. The minimum Gasteiger partial charge on any atom is -0.353 e. The van der Waals surface area contributed by atoms with E-state index < -0.39 is 9.84 Å². The lowest BCUT2D eigenvalue weighted by molar-refractivity contribution is 0.599. The van der Waals surface area contributed by atoms with E-state index in [1.54, 1.807) is 12.1 Å². The number of aromatic nitrogens is 2. The lowest BCUT2D eigenvalue weighted by Gasteiger charge is -2.28. The number of aryl methyl sites for hydroxylation is 1. The standard InChI is InChI=1S/C17H21ClN4O2S/c1-3-22(15-7-8-25(23,24)11-15)16-9-12(2)19-17(21-16)20-14-6-4-5-13(18)10-14/h4-6,9-10,15H,3,7-8,11H2,1-2H3,(H,19,20,21). The van der Waals surface area contributed by atoms with Crippen molar-refractivity contribution in [3.63, 3.8) is 0 Å². The quantitative estimate of drug-likeness (QED) is 0.858. The number of hydrogen-bond donors (Lipinski definition) is 1. The normalized spacial score (nSPS) is 18.9. The molecule has 1 N–H and O–H groups in total. The largest absolute Gasteiger partial charge is 0.353 e. The van der Waals surface area contributed by atoms with Crippen LogP contribution in [0.2, 0.25) is 5.02 Å². The van der Waals surface area contributed by atoms with Crippen LogP contribution in [0.1, 0.15) is 19.0 Å². The number of halogens is 1. The van der Waals surface area contributed by atoms with Crippen molar-refractivity contribution in [2.24, 2.45) is 0 Å². The number of nitrogens with zero attached hydrogens (tertiary/aromatic N) is 3. The van der Waals surface area contributed by atoms with Gasteiger partial charge in [0.25, 0.3) is 0 Å². The van der Waals surface area contributed by atoms with E-state index in [4.69, 9.17) is 11.6 Å². The molecule has 1 unspecified atom stereocenters. The molecule has 6 nitrogen and oxygen atoms in total. The summed E-state index contributed by atoms with van der Waals surface area (Å²) >= 11 is 6.01. The second kappa shape index (κ2) is 7.17. The van der Waals surface area contributed by atoms with E-state index in [2.05, 4.69) is 15.3 Å². The molecule has 1 fully saturated rings. The van der Waals surface area contributed by atoms with Crippen molar-refractivity contribution in [3.05, 3.63) is 41.0 Å². The Labute approximate surface area is 153 Å². The van der Waals surface area contributed by atoms with E-state index in [9.17, 15) is 8.42 Å². The summed E-state index contributed by atoms with van der Waals surface area (Å²) in [6.45, 7) is 4.59. The summed E-state index contributed by atoms with van der Waals surface area (Å²) in [6, 6.07) is 9.19. The molecule has 1 atom stereocenters. The highest BCUT2D eigenvalue weighted by molar-refractivity contribution is 7.91. The lowest BCUT2D eigenvalue weighted by Crippen LogP contribution is -2.36. The Hall–Kier alpha value is -1.86. The van der Waals surface area contributed by atoms with Crippen molar-refractivity contribution in [3.8, 4) is 0 Å². The van der Waals surface area contributed by atoms with Crippen LogP contribution in [0.5, 0.6) is 0 Å². The van der Waals surface area contributed by atoms with Crippen LogP contribution in [0.25, 0.3) is 0 Å². The molecule has 134 valence electrons. The Bertz CT molecular complexity index is 873. The monoisotopic (exact) mass is 380 g/mol. The fourth-order valence-electron chi connectivity index (χ4n) is 3.08. The van der Waals surface area contributed by atoms with Gasteiger partial charge in [-0.15, -0.1) is 0 Å². The molecule has 25 heavy (non-hydrogen) atoms. The van der Waals surface area contributed by atoms with Crippen LogP contribution in [0.3, 0.4) is 0 Å². The van der Waals surface area contributed by atoms with Crippen LogP contribution >= 0.6 is 11.6 Å². The van der Waals surface area contributed by atoms with Gasteiger partial charge in [-0.2, -0.15) is 4.98 Å². The summed E-state index contributed by atoms with van der Waals surface area (Å²) in [4.78, 5) is 11.1. The fourth-order valence-corrected chi connectivity index (χ4v) is 5.00. The van der Waals surface area contributed by atoms with Gasteiger partial charge < -0.3 is 10.2 Å². The van der Waals surface area contributed by atoms with Crippen LogP contribution < -0.4 is 10.2 Å². The Morgan fingerprint density at radius 3 is 2.76 bits per heavy atom. The highest BCUT2D eigenvalue weighted by atomic mass is 35.5. The minimum absolute atomic E-state index is 0.0386. The molecule has 1 aromatic heterocycles. The number of benzene rings is 1. The molecule has 0 aliphatic carbocycles. The van der Waals surface area contributed by atoms with Crippen LogP contribution in [0.4, 0.5) is 17.5 Å². The molecule has 1 aromatic carbocycles. The molecule has 0 bridgehead atoms. The third-order valence-electron chi connectivity index (χ3n) is 4.21. The Balaban J connectivity index is 1.87. The molecule has 3 rings (SSSR count). The van der Waals surface area contributed by atoms with Crippen LogP contribution in [0, 0.1) is 6.92 Å². The zero-order chi connectivity index (χ0) is 18.0. The Kier molecular flexibility index (Phi) is 5.15. The van der Waals surface area contributed by atoms with Gasteiger partial charge in [0.15, 0.2) is 9.84 Å². The van der Waals surface area contributed by atoms with Gasteiger partial charge in [-0.05, 0) is 38.5 Å². The van der Waals surface area contributed by atoms with Gasteiger partial charge >= 0.3 is 0 Å². The Morgan fingerprint density at radius 2 is 2.12 bits per heavy atom. The molecule has 1 aliphatic rings. The number of anilines is 3. The van der Waals surface area contributed by atoms with Crippen LogP contribution in [-0.2, 0) is 9.84 Å². The maximum Gasteiger partial charge on any atom is 0.229 e. The molecule has 0 spiro atoms. The smallest absolute Gasteiger partial charge is 0.229 e. The molecular weight excluding hydrogens is 360 g/mol. The first kappa shape index (κ1) is 17.9. The third kappa shape index (κ3) is 4.41. The van der Waals surface area contributed by atoms with Crippen molar-refractivity contribution in [1.29, 1.82) is 0 Å². The zero-order valence-electron chi connectivity index (χ0n) is 14.2. The topological polar surface area (TPSA) is 75.2 Å². The average molecular weight is 381 g/mol. The van der Waals surface area contributed by atoms with Crippen molar-refractivity contribution in [1.82, 2.24) is 9.97 Å². The first-order chi connectivity index (χ1) is 11.9. The highest BCUT2D eigenvalue weighted by Gasteiger charge is 2.32. The molecule has 1 aliphatic heterocycles. The summed E-state index contributed by atoms with van der Waals surface area (Å²) < 4.78 is 23.6. The average Bonchev–Trinajstić information content (AvgIpc) is 2.87. The van der Waals surface area contributed by atoms with E-state index in [-0.39, 0.29) is 17.5 Å². The van der Waals surface area contributed by atoms with Gasteiger partial charge in [0, 0.05) is 35.1 Å². The number of sulfone groups is 1. The van der Waals surface area contributed by atoms with Gasteiger partial charge in [-0.1, -0.05) is 17.7 Å². The minimum atomic E-state index is -2.95. The molecular formula is C17H21ClN4O2S. The van der Waals surface area contributed by atoms with Gasteiger partial charge in [-0.25, -0.2) is 13.4 Å². The first-order valence-corrected chi connectivity index (χ1v) is 10.4. The van der Waals surface area contributed by atoms with Gasteiger partial charge in [0.2, 0.25) is 5.95 Å². The predicted octanol–water partition coefficient (Wildman–Crippen LogP) is 3.20. The van der Waals surface area contributed by atoms with Gasteiger partial charge in [0.05, 0.1) is 11.5 Å². The summed E-state index contributed by atoms with van der Waals surface area (Å²) in [5.41, 5.74) is 1.62. The van der Waals surface area contributed by atoms with Crippen molar-refractivity contribution in [2.75, 3.05) is 28.3 Å². The van der Waals surface area contributed by atoms with Crippen molar-refractivity contribution < 1.29 is 8.42 Å². The molecule has 2 heterocycles. The third-order valence-corrected chi connectivity index (χ3v) is 6.19. The summed E-state index contributed by atoms with van der Waals surface area (Å²) in [5, 5.41) is 3.79. The molecule has 0 saturated carbocycles. The predicted molar refractivity (Wildman–Crippen MR) is 102 cm³/mol.